The first-order valence-electron chi connectivity index (χ1n) is 7.95. The molecule has 0 atom stereocenters. The number of halogens is 1. The van der Waals surface area contributed by atoms with Crippen LogP contribution in [0.15, 0.2) is 83.8 Å². The summed E-state index contributed by atoms with van der Waals surface area (Å²) in [4.78, 5) is 10.2. The minimum Gasteiger partial charge on any atom is -0.262 e. The van der Waals surface area contributed by atoms with E-state index >= 15 is 0 Å². The molecule has 0 unspecified atom stereocenters. The van der Waals surface area contributed by atoms with Gasteiger partial charge in [-0.2, -0.15) is 0 Å². The maximum atomic E-state index is 13.4. The number of anilines is 1. The van der Waals surface area contributed by atoms with Crippen molar-refractivity contribution in [3.63, 3.8) is 0 Å². The van der Waals surface area contributed by atoms with Crippen LogP contribution >= 0.6 is 11.6 Å². The first kappa shape index (κ1) is 18.9. The Balaban J connectivity index is 2.17. The average molecular weight is 403 g/mol. The fraction of sp³-hybridized carbons (Fsp3) is 0.0526. The molecule has 3 rings (SSSR count). The standard InChI is InChI=1S/C19H15ClN2O4S/c20-16-11-12-18(22(23)24)19(13-16)27(25,26)21(17-9-5-2-6-10-17)14-15-7-3-1-4-8-15/h1-13H,14H2. The Kier molecular flexibility index (Phi) is 5.43. The first-order chi connectivity index (χ1) is 12.9. The van der Waals surface area contributed by atoms with Gasteiger partial charge in [0.25, 0.3) is 15.7 Å². The predicted octanol–water partition coefficient (Wildman–Crippen LogP) is 4.64. The van der Waals surface area contributed by atoms with Crippen molar-refractivity contribution in [2.24, 2.45) is 0 Å². The van der Waals surface area contributed by atoms with Crippen LogP contribution in [0, 0.1) is 10.1 Å². The lowest BCUT2D eigenvalue weighted by atomic mass is 10.2. The van der Waals surface area contributed by atoms with Gasteiger partial charge in [0.15, 0.2) is 4.90 Å². The van der Waals surface area contributed by atoms with Crippen LogP contribution in [0.25, 0.3) is 0 Å². The number of rotatable bonds is 6. The first-order valence-corrected chi connectivity index (χ1v) is 9.77. The maximum Gasteiger partial charge on any atom is 0.289 e. The van der Waals surface area contributed by atoms with E-state index in [1.165, 1.54) is 6.07 Å². The van der Waals surface area contributed by atoms with E-state index in [1.54, 1.807) is 54.6 Å². The van der Waals surface area contributed by atoms with E-state index < -0.39 is 25.5 Å². The Hall–Kier alpha value is -2.90. The molecular formula is C19H15ClN2O4S. The molecule has 3 aromatic rings. The van der Waals surface area contributed by atoms with Crippen molar-refractivity contribution in [1.82, 2.24) is 0 Å². The zero-order valence-electron chi connectivity index (χ0n) is 14.0. The normalized spacial score (nSPS) is 11.1. The molecule has 0 aliphatic carbocycles. The second kappa shape index (κ2) is 7.77. The van der Waals surface area contributed by atoms with Gasteiger partial charge >= 0.3 is 0 Å². The van der Waals surface area contributed by atoms with E-state index in [4.69, 9.17) is 11.6 Å². The third-order valence-corrected chi connectivity index (χ3v) is 5.94. The zero-order chi connectivity index (χ0) is 19.4. The molecule has 0 N–H and O–H groups in total. The Bertz CT molecular complexity index is 1060. The summed E-state index contributed by atoms with van der Waals surface area (Å²) in [5.74, 6) is 0. The van der Waals surface area contributed by atoms with Crippen molar-refractivity contribution >= 4 is 33.0 Å². The number of para-hydroxylation sites is 1. The molecule has 27 heavy (non-hydrogen) atoms. The third kappa shape index (κ3) is 4.10. The van der Waals surface area contributed by atoms with Gasteiger partial charge in [-0.05, 0) is 29.8 Å². The second-order valence-corrected chi connectivity index (χ2v) is 7.97. The van der Waals surface area contributed by atoms with Crippen LogP contribution in [0.5, 0.6) is 0 Å². The van der Waals surface area contributed by atoms with Gasteiger partial charge in [-0.25, -0.2) is 8.42 Å². The summed E-state index contributed by atoms with van der Waals surface area (Å²) in [6.45, 7) is 0.0247. The molecule has 0 fully saturated rings. The molecule has 0 aliphatic heterocycles. The fourth-order valence-electron chi connectivity index (χ4n) is 2.62. The number of nitrogens with zero attached hydrogens (tertiary/aromatic N) is 2. The summed E-state index contributed by atoms with van der Waals surface area (Å²) in [5.41, 5.74) is 0.624. The van der Waals surface area contributed by atoms with Gasteiger partial charge in [0.1, 0.15) is 0 Å². The Morgan fingerprint density at radius 3 is 2.11 bits per heavy atom. The van der Waals surface area contributed by atoms with Crippen LogP contribution < -0.4 is 4.31 Å². The Morgan fingerprint density at radius 1 is 0.926 bits per heavy atom. The number of hydrogen-bond acceptors (Lipinski definition) is 4. The highest BCUT2D eigenvalue weighted by Crippen LogP contribution is 2.33. The van der Waals surface area contributed by atoms with Crippen LogP contribution in [0.4, 0.5) is 11.4 Å². The second-order valence-electron chi connectivity index (χ2n) is 5.70. The smallest absolute Gasteiger partial charge is 0.262 e. The van der Waals surface area contributed by atoms with E-state index in [9.17, 15) is 18.5 Å². The van der Waals surface area contributed by atoms with Gasteiger partial charge in [0.2, 0.25) is 0 Å². The highest BCUT2D eigenvalue weighted by Gasteiger charge is 2.32. The summed E-state index contributed by atoms with van der Waals surface area (Å²) in [5, 5.41) is 11.5. The van der Waals surface area contributed by atoms with Crippen molar-refractivity contribution in [3.8, 4) is 0 Å². The van der Waals surface area contributed by atoms with Crippen LogP contribution in [0.1, 0.15) is 5.56 Å². The Morgan fingerprint density at radius 2 is 1.52 bits per heavy atom. The molecule has 0 radical (unpaired) electrons. The number of benzene rings is 3. The van der Waals surface area contributed by atoms with E-state index in [1.807, 2.05) is 6.07 Å². The number of nitro benzene ring substituents is 1. The van der Waals surface area contributed by atoms with E-state index in [0.717, 1.165) is 22.0 Å². The zero-order valence-corrected chi connectivity index (χ0v) is 15.6. The molecule has 0 saturated carbocycles. The summed E-state index contributed by atoms with van der Waals surface area (Å²) in [7, 11) is -4.24. The summed E-state index contributed by atoms with van der Waals surface area (Å²) in [6.07, 6.45) is 0. The predicted molar refractivity (Wildman–Crippen MR) is 104 cm³/mol. The van der Waals surface area contributed by atoms with Crippen LogP contribution in [-0.4, -0.2) is 13.3 Å². The van der Waals surface area contributed by atoms with Gasteiger partial charge in [-0.15, -0.1) is 0 Å². The average Bonchev–Trinajstić information content (AvgIpc) is 2.67. The van der Waals surface area contributed by atoms with Crippen molar-refractivity contribution < 1.29 is 13.3 Å². The third-order valence-electron chi connectivity index (χ3n) is 3.90. The molecule has 0 spiro atoms. The monoisotopic (exact) mass is 402 g/mol. The lowest BCUT2D eigenvalue weighted by molar-refractivity contribution is -0.387. The molecule has 0 aliphatic rings. The lowest BCUT2D eigenvalue weighted by Crippen LogP contribution is -2.31. The quantitative estimate of drug-likeness (QED) is 0.444. The van der Waals surface area contributed by atoms with Gasteiger partial charge in [0, 0.05) is 11.1 Å². The molecule has 0 amide bonds. The highest BCUT2D eigenvalue weighted by molar-refractivity contribution is 7.93. The van der Waals surface area contributed by atoms with Gasteiger partial charge < -0.3 is 0 Å². The molecule has 0 bridgehead atoms. The molecule has 0 aromatic heterocycles. The minimum absolute atomic E-state index is 0.0247. The molecule has 6 nitrogen and oxygen atoms in total. The summed E-state index contributed by atoms with van der Waals surface area (Å²) in [6, 6.07) is 20.9. The summed E-state index contributed by atoms with van der Waals surface area (Å²) < 4.78 is 27.9. The van der Waals surface area contributed by atoms with E-state index in [2.05, 4.69) is 0 Å². The molecule has 0 heterocycles. The number of sulfonamides is 1. The molecule has 8 heteroatoms. The van der Waals surface area contributed by atoms with Crippen LogP contribution in [0.2, 0.25) is 5.02 Å². The highest BCUT2D eigenvalue weighted by atomic mass is 35.5. The molecule has 138 valence electrons. The molecular weight excluding hydrogens is 388 g/mol. The summed E-state index contributed by atoms with van der Waals surface area (Å²) >= 11 is 5.93. The number of hydrogen-bond donors (Lipinski definition) is 0. The van der Waals surface area contributed by atoms with E-state index in [-0.39, 0.29) is 11.6 Å². The van der Waals surface area contributed by atoms with E-state index in [0.29, 0.717) is 5.69 Å². The van der Waals surface area contributed by atoms with Crippen LogP contribution in [0.3, 0.4) is 0 Å². The lowest BCUT2D eigenvalue weighted by Gasteiger charge is -2.24. The SMILES string of the molecule is O=[N+]([O-])c1ccc(Cl)cc1S(=O)(=O)N(Cc1ccccc1)c1ccccc1. The van der Waals surface area contributed by atoms with Gasteiger partial charge in [-0.1, -0.05) is 60.1 Å². The van der Waals surface area contributed by atoms with Crippen molar-refractivity contribution in [3.05, 3.63) is 99.6 Å². The fourth-order valence-corrected chi connectivity index (χ4v) is 4.50. The molecule has 3 aromatic carbocycles. The topological polar surface area (TPSA) is 80.5 Å². The van der Waals surface area contributed by atoms with Crippen molar-refractivity contribution in [2.45, 2.75) is 11.4 Å². The Labute approximate surface area is 161 Å². The van der Waals surface area contributed by atoms with Crippen molar-refractivity contribution in [2.75, 3.05) is 4.31 Å². The number of nitro groups is 1. The van der Waals surface area contributed by atoms with Crippen LogP contribution in [-0.2, 0) is 16.6 Å². The van der Waals surface area contributed by atoms with Gasteiger partial charge in [-0.3, -0.25) is 14.4 Å². The molecule has 0 saturated heterocycles. The largest absolute Gasteiger partial charge is 0.289 e. The minimum atomic E-state index is -4.24. The maximum absolute atomic E-state index is 13.4. The van der Waals surface area contributed by atoms with Gasteiger partial charge in [0.05, 0.1) is 17.2 Å². The van der Waals surface area contributed by atoms with Crippen molar-refractivity contribution in [1.29, 1.82) is 0 Å².